The van der Waals surface area contributed by atoms with E-state index in [2.05, 4.69) is 11.1 Å². The molecule has 0 saturated heterocycles. The number of nitrogen functional groups attached to an aromatic ring is 1. The number of nitrogens with zero attached hydrogens (tertiary/aromatic N) is 2. The van der Waals surface area contributed by atoms with Gasteiger partial charge in [-0.3, -0.25) is 0 Å². The summed E-state index contributed by atoms with van der Waals surface area (Å²) in [7, 11) is 0. The number of pyridine rings is 1. The largest absolute Gasteiger partial charge is 0.463 e. The number of furan rings is 1. The third-order valence-electron chi connectivity index (χ3n) is 3.29. The Hall–Kier alpha value is -3.06. The van der Waals surface area contributed by atoms with E-state index in [1.165, 1.54) is 5.56 Å². The maximum absolute atomic E-state index is 9.16. The van der Waals surface area contributed by atoms with E-state index in [-0.39, 0.29) is 5.82 Å². The van der Waals surface area contributed by atoms with Gasteiger partial charge in [0, 0.05) is 5.56 Å². The van der Waals surface area contributed by atoms with Crippen LogP contribution in [0.1, 0.15) is 11.1 Å². The van der Waals surface area contributed by atoms with Crippen molar-refractivity contribution >= 4 is 5.82 Å². The van der Waals surface area contributed by atoms with Crippen molar-refractivity contribution in [3.05, 3.63) is 59.9 Å². The topological polar surface area (TPSA) is 75.8 Å². The normalized spacial score (nSPS) is 10.3. The molecule has 0 amide bonds. The SMILES string of the molecule is Cc1ccc(-c2cc(C#N)c(N)nc2-c2ccco2)cc1. The van der Waals surface area contributed by atoms with E-state index in [1.807, 2.05) is 37.3 Å². The van der Waals surface area contributed by atoms with Crippen LogP contribution in [0.15, 0.2) is 53.1 Å². The molecule has 0 atom stereocenters. The van der Waals surface area contributed by atoms with Crippen LogP contribution < -0.4 is 5.73 Å². The van der Waals surface area contributed by atoms with Crippen molar-refractivity contribution in [3.8, 4) is 28.7 Å². The number of nitriles is 1. The number of aromatic nitrogens is 1. The van der Waals surface area contributed by atoms with Gasteiger partial charge in [0.15, 0.2) is 5.76 Å². The molecule has 0 unspecified atom stereocenters. The fourth-order valence-electron chi connectivity index (χ4n) is 2.17. The van der Waals surface area contributed by atoms with Crippen LogP contribution in [0.25, 0.3) is 22.6 Å². The average Bonchev–Trinajstić information content (AvgIpc) is 3.02. The molecule has 4 nitrogen and oxygen atoms in total. The third-order valence-corrected chi connectivity index (χ3v) is 3.29. The van der Waals surface area contributed by atoms with E-state index in [0.29, 0.717) is 17.0 Å². The predicted molar refractivity (Wildman–Crippen MR) is 81.2 cm³/mol. The van der Waals surface area contributed by atoms with E-state index in [0.717, 1.165) is 11.1 Å². The molecule has 21 heavy (non-hydrogen) atoms. The van der Waals surface area contributed by atoms with Crippen LogP contribution in [0, 0.1) is 18.3 Å². The molecular weight excluding hydrogens is 262 g/mol. The van der Waals surface area contributed by atoms with E-state index >= 15 is 0 Å². The monoisotopic (exact) mass is 275 g/mol. The van der Waals surface area contributed by atoms with Gasteiger partial charge in [-0.25, -0.2) is 4.98 Å². The van der Waals surface area contributed by atoms with E-state index < -0.39 is 0 Å². The number of nitrogens with two attached hydrogens (primary N) is 1. The number of hydrogen-bond acceptors (Lipinski definition) is 4. The Morgan fingerprint density at radius 3 is 2.57 bits per heavy atom. The van der Waals surface area contributed by atoms with Crippen molar-refractivity contribution in [3.63, 3.8) is 0 Å². The zero-order chi connectivity index (χ0) is 14.8. The molecule has 3 rings (SSSR count). The van der Waals surface area contributed by atoms with Gasteiger partial charge >= 0.3 is 0 Å². The lowest BCUT2D eigenvalue weighted by Crippen LogP contribution is -1.99. The molecule has 3 aromatic rings. The standard InChI is InChI=1S/C17H13N3O/c1-11-4-6-12(7-5-11)14-9-13(10-18)17(19)20-16(14)15-3-2-8-21-15/h2-9H,1H3,(H2,19,20). The molecule has 0 bridgehead atoms. The van der Waals surface area contributed by atoms with E-state index in [9.17, 15) is 0 Å². The lowest BCUT2D eigenvalue weighted by atomic mass is 9.99. The zero-order valence-electron chi connectivity index (χ0n) is 11.5. The Labute approximate surface area is 122 Å². The van der Waals surface area contributed by atoms with Crippen molar-refractivity contribution < 1.29 is 4.42 Å². The van der Waals surface area contributed by atoms with Crippen LogP contribution in [0.3, 0.4) is 0 Å². The Morgan fingerprint density at radius 1 is 1.19 bits per heavy atom. The summed E-state index contributed by atoms with van der Waals surface area (Å²) in [5, 5.41) is 9.16. The molecule has 0 spiro atoms. The van der Waals surface area contributed by atoms with Gasteiger partial charge < -0.3 is 10.2 Å². The smallest absolute Gasteiger partial charge is 0.152 e. The highest BCUT2D eigenvalue weighted by molar-refractivity contribution is 5.81. The predicted octanol–water partition coefficient (Wildman–Crippen LogP) is 3.77. The van der Waals surface area contributed by atoms with E-state index in [1.54, 1.807) is 18.4 Å². The molecule has 1 aromatic carbocycles. The molecular formula is C17H13N3O. The van der Waals surface area contributed by atoms with Crippen molar-refractivity contribution in [2.24, 2.45) is 0 Å². The minimum atomic E-state index is 0.208. The first kappa shape index (κ1) is 12.9. The summed E-state index contributed by atoms with van der Waals surface area (Å²) in [6, 6.07) is 15.5. The highest BCUT2D eigenvalue weighted by atomic mass is 16.3. The molecule has 102 valence electrons. The van der Waals surface area contributed by atoms with Crippen molar-refractivity contribution in [2.45, 2.75) is 6.92 Å². The van der Waals surface area contributed by atoms with Gasteiger partial charge in [-0.1, -0.05) is 29.8 Å². The Morgan fingerprint density at radius 2 is 1.95 bits per heavy atom. The number of hydrogen-bond donors (Lipinski definition) is 1. The first-order valence-corrected chi connectivity index (χ1v) is 6.50. The Balaban J connectivity index is 2.26. The maximum Gasteiger partial charge on any atom is 0.152 e. The maximum atomic E-state index is 9.16. The molecule has 0 fully saturated rings. The lowest BCUT2D eigenvalue weighted by Gasteiger charge is -2.09. The van der Waals surface area contributed by atoms with Crippen molar-refractivity contribution in [1.29, 1.82) is 5.26 Å². The molecule has 2 N–H and O–H groups in total. The Kier molecular flexibility index (Phi) is 3.17. The third kappa shape index (κ3) is 2.37. The molecule has 0 aliphatic heterocycles. The number of rotatable bonds is 2. The molecule has 0 aliphatic carbocycles. The first-order chi connectivity index (χ1) is 10.2. The zero-order valence-corrected chi connectivity index (χ0v) is 11.5. The minimum Gasteiger partial charge on any atom is -0.463 e. The van der Waals surface area contributed by atoms with Crippen LogP contribution in [0.2, 0.25) is 0 Å². The molecule has 4 heteroatoms. The average molecular weight is 275 g/mol. The number of anilines is 1. The van der Waals surface area contributed by atoms with Gasteiger partial charge in [0.1, 0.15) is 17.6 Å². The van der Waals surface area contributed by atoms with E-state index in [4.69, 9.17) is 15.4 Å². The summed E-state index contributed by atoms with van der Waals surface area (Å²) in [6.45, 7) is 2.03. The second kappa shape index (κ2) is 5.14. The van der Waals surface area contributed by atoms with Gasteiger partial charge in [-0.2, -0.15) is 5.26 Å². The summed E-state index contributed by atoms with van der Waals surface area (Å²) in [4.78, 5) is 4.35. The van der Waals surface area contributed by atoms with Crippen molar-refractivity contribution in [2.75, 3.05) is 5.73 Å². The first-order valence-electron chi connectivity index (χ1n) is 6.50. The van der Waals surface area contributed by atoms with Crippen molar-refractivity contribution in [1.82, 2.24) is 4.98 Å². The number of aryl methyl sites for hydroxylation is 1. The summed E-state index contributed by atoms with van der Waals surface area (Å²) in [5.74, 6) is 0.835. The van der Waals surface area contributed by atoms with Crippen LogP contribution in [-0.4, -0.2) is 4.98 Å². The van der Waals surface area contributed by atoms with Crippen LogP contribution in [0.4, 0.5) is 5.82 Å². The van der Waals surface area contributed by atoms with Gasteiger partial charge in [-0.05, 0) is 30.7 Å². The minimum absolute atomic E-state index is 0.208. The van der Waals surface area contributed by atoms with Crippen LogP contribution in [-0.2, 0) is 0 Å². The summed E-state index contributed by atoms with van der Waals surface area (Å²) >= 11 is 0. The molecule has 0 aliphatic rings. The van der Waals surface area contributed by atoms with Gasteiger partial charge in [0.25, 0.3) is 0 Å². The van der Waals surface area contributed by atoms with Gasteiger partial charge in [0.2, 0.25) is 0 Å². The molecule has 2 heterocycles. The molecule has 0 saturated carbocycles. The second-order valence-corrected chi connectivity index (χ2v) is 4.77. The molecule has 2 aromatic heterocycles. The van der Waals surface area contributed by atoms with Gasteiger partial charge in [0.05, 0.1) is 11.8 Å². The fraction of sp³-hybridized carbons (Fsp3) is 0.0588. The van der Waals surface area contributed by atoms with Crippen LogP contribution in [0.5, 0.6) is 0 Å². The number of benzene rings is 1. The summed E-state index contributed by atoms with van der Waals surface area (Å²) < 4.78 is 5.43. The molecule has 0 radical (unpaired) electrons. The highest BCUT2D eigenvalue weighted by Gasteiger charge is 2.15. The second-order valence-electron chi connectivity index (χ2n) is 4.77. The lowest BCUT2D eigenvalue weighted by molar-refractivity contribution is 0.580. The Bertz CT molecular complexity index is 812. The quantitative estimate of drug-likeness (QED) is 0.772. The highest BCUT2D eigenvalue weighted by Crippen LogP contribution is 2.33. The summed E-state index contributed by atoms with van der Waals surface area (Å²) in [6.07, 6.45) is 1.59. The van der Waals surface area contributed by atoms with Gasteiger partial charge in [-0.15, -0.1) is 0 Å². The summed E-state index contributed by atoms with van der Waals surface area (Å²) in [5.41, 5.74) is 9.80. The van der Waals surface area contributed by atoms with Crippen LogP contribution >= 0.6 is 0 Å². The fourth-order valence-corrected chi connectivity index (χ4v) is 2.17.